The van der Waals surface area contributed by atoms with Crippen molar-refractivity contribution in [1.29, 1.82) is 0 Å². The highest BCUT2D eigenvalue weighted by molar-refractivity contribution is 6.31. The molecule has 9 heteroatoms. The minimum absolute atomic E-state index is 0.187. The molecule has 2 aromatic carbocycles. The van der Waals surface area contributed by atoms with Gasteiger partial charge in [-0.05, 0) is 29.8 Å². The van der Waals surface area contributed by atoms with E-state index in [4.69, 9.17) is 16.3 Å². The van der Waals surface area contributed by atoms with Crippen LogP contribution < -0.4 is 15.0 Å². The lowest BCUT2D eigenvalue weighted by atomic mass is 10.2. The van der Waals surface area contributed by atoms with E-state index in [1.165, 1.54) is 12.1 Å². The third-order valence-electron chi connectivity index (χ3n) is 3.82. The Balaban J connectivity index is 1.72. The molecule has 0 unspecified atom stereocenters. The van der Waals surface area contributed by atoms with Gasteiger partial charge in [-0.25, -0.2) is 14.1 Å². The maximum Gasteiger partial charge on any atom is 0.411 e. The van der Waals surface area contributed by atoms with E-state index in [2.05, 4.69) is 10.1 Å². The van der Waals surface area contributed by atoms with E-state index < -0.39 is 23.7 Å². The van der Waals surface area contributed by atoms with Crippen LogP contribution in [0.25, 0.3) is 0 Å². The molecule has 0 aromatic heterocycles. The number of methoxy groups -OCH3 is 1. The summed E-state index contributed by atoms with van der Waals surface area (Å²) < 4.78 is 24.4. The van der Waals surface area contributed by atoms with Crippen molar-refractivity contribution in [3.8, 4) is 5.75 Å². The number of imide groups is 1. The second-order valence-electron chi connectivity index (χ2n) is 5.68. The van der Waals surface area contributed by atoms with Crippen molar-refractivity contribution >= 4 is 35.2 Å². The van der Waals surface area contributed by atoms with E-state index >= 15 is 0 Å². The van der Waals surface area contributed by atoms with Crippen LogP contribution in [0.5, 0.6) is 5.75 Å². The van der Waals surface area contributed by atoms with Crippen molar-refractivity contribution in [3.63, 3.8) is 0 Å². The third kappa shape index (κ3) is 4.12. The molecule has 0 atom stereocenters. The molecule has 2 aromatic rings. The van der Waals surface area contributed by atoms with Gasteiger partial charge in [0.05, 0.1) is 12.8 Å². The first-order valence-electron chi connectivity index (χ1n) is 8.01. The molecule has 0 bridgehead atoms. The number of nitrogens with one attached hydrogen (secondary N) is 1. The molecule has 1 aliphatic rings. The Hall–Kier alpha value is -3.39. The van der Waals surface area contributed by atoms with Crippen molar-refractivity contribution in [2.75, 3.05) is 12.0 Å². The van der Waals surface area contributed by atoms with E-state index in [-0.39, 0.29) is 23.7 Å². The molecule has 3 rings (SSSR count). The molecule has 0 fully saturated rings. The highest BCUT2D eigenvalue weighted by atomic mass is 35.5. The van der Waals surface area contributed by atoms with Crippen LogP contribution in [0.3, 0.4) is 0 Å². The van der Waals surface area contributed by atoms with Crippen molar-refractivity contribution in [2.45, 2.75) is 6.61 Å². The number of anilines is 1. The molecule has 1 N–H and O–H groups in total. The summed E-state index contributed by atoms with van der Waals surface area (Å²) in [5, 5.41) is 2.70. The van der Waals surface area contributed by atoms with Gasteiger partial charge in [-0.3, -0.25) is 14.9 Å². The summed E-state index contributed by atoms with van der Waals surface area (Å²) in [5.41, 5.74) is 0.271. The molecule has 0 spiro atoms. The van der Waals surface area contributed by atoms with Crippen LogP contribution in [-0.4, -0.2) is 25.0 Å². The molecule has 144 valence electrons. The standard InChI is InChI=1S/C19H14ClFN2O5/c1-27-19(26)22-15-9-17(24)23(18(15)25)16-7-6-13(8-14(16)21)28-10-11-2-4-12(20)5-3-11/h2-9H,10H2,1H3,(H,22,26). The number of alkyl carbamates (subject to hydrolysis) is 1. The molecule has 1 heterocycles. The maximum atomic E-state index is 14.5. The normalized spacial score (nSPS) is 13.4. The van der Waals surface area contributed by atoms with Crippen LogP contribution >= 0.6 is 11.6 Å². The Morgan fingerprint density at radius 3 is 2.54 bits per heavy atom. The van der Waals surface area contributed by atoms with Gasteiger partial charge in [-0.1, -0.05) is 23.7 Å². The highest BCUT2D eigenvalue weighted by Gasteiger charge is 2.35. The zero-order valence-corrected chi connectivity index (χ0v) is 15.3. The number of carbonyl (C=O) groups excluding carboxylic acids is 3. The number of halogens is 2. The summed E-state index contributed by atoms with van der Waals surface area (Å²) in [5.74, 6) is -2.27. The van der Waals surface area contributed by atoms with Gasteiger partial charge in [0.1, 0.15) is 18.1 Å². The number of hydrogen-bond donors (Lipinski definition) is 1. The van der Waals surface area contributed by atoms with Gasteiger partial charge in [-0.15, -0.1) is 0 Å². The van der Waals surface area contributed by atoms with Gasteiger partial charge in [0.25, 0.3) is 11.8 Å². The van der Waals surface area contributed by atoms with E-state index in [0.717, 1.165) is 24.8 Å². The maximum absolute atomic E-state index is 14.5. The number of nitrogens with zero attached hydrogens (tertiary/aromatic N) is 1. The van der Waals surface area contributed by atoms with E-state index in [9.17, 15) is 18.8 Å². The summed E-state index contributed by atoms with van der Waals surface area (Å²) in [4.78, 5) is 36.2. The minimum atomic E-state index is -0.916. The van der Waals surface area contributed by atoms with Gasteiger partial charge in [-0.2, -0.15) is 0 Å². The van der Waals surface area contributed by atoms with Crippen molar-refractivity contribution in [3.05, 3.63) is 70.6 Å². The number of benzene rings is 2. The van der Waals surface area contributed by atoms with Gasteiger partial charge >= 0.3 is 6.09 Å². The summed E-state index contributed by atoms with van der Waals surface area (Å²) >= 11 is 5.81. The predicted molar refractivity (Wildman–Crippen MR) is 98.3 cm³/mol. The lowest BCUT2D eigenvalue weighted by molar-refractivity contribution is -0.120. The highest BCUT2D eigenvalue weighted by Crippen LogP contribution is 2.28. The zero-order chi connectivity index (χ0) is 20.3. The Bertz CT molecular complexity index is 975. The summed E-state index contributed by atoms with van der Waals surface area (Å²) in [6.07, 6.45) is -0.0235. The van der Waals surface area contributed by atoms with Crippen LogP contribution in [0, 0.1) is 5.82 Å². The van der Waals surface area contributed by atoms with E-state index in [1.54, 1.807) is 24.3 Å². The summed E-state index contributed by atoms with van der Waals surface area (Å²) in [7, 11) is 1.11. The molecular weight excluding hydrogens is 391 g/mol. The van der Waals surface area contributed by atoms with Gasteiger partial charge < -0.3 is 9.47 Å². The first-order chi connectivity index (χ1) is 13.4. The first kappa shape index (κ1) is 19.4. The number of hydrogen-bond acceptors (Lipinski definition) is 5. The smallest absolute Gasteiger partial charge is 0.411 e. The molecule has 0 saturated carbocycles. The fourth-order valence-corrected chi connectivity index (χ4v) is 2.58. The topological polar surface area (TPSA) is 84.9 Å². The molecule has 0 saturated heterocycles. The van der Waals surface area contributed by atoms with Crippen LogP contribution in [-0.2, 0) is 20.9 Å². The van der Waals surface area contributed by atoms with Crippen LogP contribution in [0.2, 0.25) is 5.02 Å². The predicted octanol–water partition coefficient (Wildman–Crippen LogP) is 3.17. The molecule has 3 amide bonds. The number of carbonyl (C=O) groups is 3. The largest absolute Gasteiger partial charge is 0.489 e. The van der Waals surface area contributed by atoms with Crippen molar-refractivity contribution in [1.82, 2.24) is 5.32 Å². The average molecular weight is 405 g/mol. The Morgan fingerprint density at radius 1 is 1.18 bits per heavy atom. The number of ether oxygens (including phenoxy) is 2. The van der Waals surface area contributed by atoms with Crippen molar-refractivity contribution in [2.24, 2.45) is 0 Å². The SMILES string of the molecule is COC(=O)NC1=CC(=O)N(c2ccc(OCc3ccc(Cl)cc3)cc2F)C1=O. The van der Waals surface area contributed by atoms with E-state index in [1.807, 2.05) is 0 Å². The van der Waals surface area contributed by atoms with Crippen molar-refractivity contribution < 1.29 is 28.2 Å². The lowest BCUT2D eigenvalue weighted by Crippen LogP contribution is -2.35. The summed E-state index contributed by atoms with van der Waals surface area (Å²) in [6.45, 7) is 0.187. The molecular formula is C19H14ClFN2O5. The molecule has 0 aliphatic carbocycles. The second-order valence-corrected chi connectivity index (χ2v) is 6.12. The van der Waals surface area contributed by atoms with Gasteiger partial charge in [0.15, 0.2) is 5.82 Å². The van der Waals surface area contributed by atoms with Crippen LogP contribution in [0.4, 0.5) is 14.9 Å². The van der Waals surface area contributed by atoms with Crippen LogP contribution in [0.15, 0.2) is 54.2 Å². The van der Waals surface area contributed by atoms with Crippen LogP contribution in [0.1, 0.15) is 5.56 Å². The molecule has 1 aliphatic heterocycles. The molecule has 28 heavy (non-hydrogen) atoms. The first-order valence-corrected chi connectivity index (χ1v) is 8.38. The zero-order valence-electron chi connectivity index (χ0n) is 14.6. The van der Waals surface area contributed by atoms with Gasteiger partial charge in [0.2, 0.25) is 0 Å². The second kappa shape index (κ2) is 8.10. The monoisotopic (exact) mass is 404 g/mol. The molecule has 0 radical (unpaired) electrons. The Labute approximate surface area is 164 Å². The number of amides is 3. The third-order valence-corrected chi connectivity index (χ3v) is 4.07. The lowest BCUT2D eigenvalue weighted by Gasteiger charge is -2.16. The Morgan fingerprint density at radius 2 is 1.89 bits per heavy atom. The fourth-order valence-electron chi connectivity index (χ4n) is 2.46. The average Bonchev–Trinajstić information content (AvgIpc) is 2.94. The summed E-state index contributed by atoms with van der Waals surface area (Å²) in [6, 6.07) is 10.7. The Kier molecular flexibility index (Phi) is 5.60. The quantitative estimate of drug-likeness (QED) is 0.774. The fraction of sp³-hybridized carbons (Fsp3) is 0.105. The number of rotatable bonds is 5. The minimum Gasteiger partial charge on any atom is -0.489 e. The van der Waals surface area contributed by atoms with E-state index in [0.29, 0.717) is 9.92 Å². The molecule has 7 nitrogen and oxygen atoms in total. The van der Waals surface area contributed by atoms with Gasteiger partial charge in [0, 0.05) is 17.2 Å².